The van der Waals surface area contributed by atoms with Gasteiger partial charge in [0.05, 0.1) is 0 Å². The number of aromatic amines is 1. The minimum atomic E-state index is 0.724. The Balaban J connectivity index is 2.20. The second-order valence-corrected chi connectivity index (χ2v) is 4.84. The Hall–Kier alpha value is -0.0700. The first-order chi connectivity index (χ1) is 5.83. The summed E-state index contributed by atoms with van der Waals surface area (Å²) in [4.78, 5) is 0. The highest BCUT2D eigenvalue weighted by molar-refractivity contribution is 7.98. The molecule has 0 saturated heterocycles. The van der Waals surface area contributed by atoms with Crippen LogP contribution in [0.25, 0.3) is 0 Å². The molecule has 1 aromatic heterocycles. The maximum Gasteiger partial charge on any atom is 0.204 e. The van der Waals surface area contributed by atoms with Crippen molar-refractivity contribution in [1.82, 2.24) is 10.2 Å². The summed E-state index contributed by atoms with van der Waals surface area (Å²) in [6, 6.07) is 0. The normalized spacial score (nSPS) is 10.1. The molecule has 0 atom stereocenters. The van der Waals surface area contributed by atoms with Crippen molar-refractivity contribution in [3.8, 4) is 0 Å². The molecule has 0 aliphatic heterocycles. The summed E-state index contributed by atoms with van der Waals surface area (Å²) in [7, 11) is 0. The van der Waals surface area contributed by atoms with Crippen molar-refractivity contribution >= 4 is 40.4 Å². The maximum atomic E-state index is 4.89. The standard InChI is InChI=1S/C6H11N3S3/c1-11-4-2-3-7-5-8-9-6(10)12-5/h2-4H2,1H3,(H,7,8)(H,9,10). The van der Waals surface area contributed by atoms with Crippen molar-refractivity contribution in [3.63, 3.8) is 0 Å². The van der Waals surface area contributed by atoms with Gasteiger partial charge in [0.25, 0.3) is 0 Å². The molecular weight excluding hydrogens is 210 g/mol. The lowest BCUT2D eigenvalue weighted by Gasteiger charge is -1.98. The molecule has 1 aromatic rings. The number of anilines is 1. The van der Waals surface area contributed by atoms with E-state index < -0.39 is 0 Å². The molecule has 0 bridgehead atoms. The lowest BCUT2D eigenvalue weighted by Crippen LogP contribution is -2.01. The number of thioether (sulfide) groups is 1. The fraction of sp³-hybridized carbons (Fsp3) is 0.667. The molecule has 68 valence electrons. The van der Waals surface area contributed by atoms with E-state index in [2.05, 4.69) is 21.8 Å². The molecule has 0 aliphatic rings. The van der Waals surface area contributed by atoms with Gasteiger partial charge in [-0.25, -0.2) is 0 Å². The van der Waals surface area contributed by atoms with E-state index in [1.165, 1.54) is 17.1 Å². The van der Waals surface area contributed by atoms with Crippen LogP contribution in [0.15, 0.2) is 0 Å². The summed E-state index contributed by atoms with van der Waals surface area (Å²) in [5, 5.41) is 10.8. The Labute approximate surface area is 85.0 Å². The number of rotatable bonds is 5. The van der Waals surface area contributed by atoms with Crippen LogP contribution in [0.2, 0.25) is 0 Å². The molecule has 0 unspecified atom stereocenters. The number of hydrogen-bond donors (Lipinski definition) is 2. The lowest BCUT2D eigenvalue weighted by atomic mass is 10.5. The largest absolute Gasteiger partial charge is 0.360 e. The van der Waals surface area contributed by atoms with E-state index in [4.69, 9.17) is 12.2 Å². The number of aromatic nitrogens is 2. The van der Waals surface area contributed by atoms with Gasteiger partial charge < -0.3 is 5.32 Å². The molecule has 0 saturated carbocycles. The molecule has 0 aromatic carbocycles. The Morgan fingerprint density at radius 3 is 3.17 bits per heavy atom. The molecule has 2 N–H and O–H groups in total. The molecule has 1 heterocycles. The molecule has 1 rings (SSSR count). The van der Waals surface area contributed by atoms with E-state index >= 15 is 0 Å². The quantitative estimate of drug-likeness (QED) is 0.591. The van der Waals surface area contributed by atoms with Gasteiger partial charge in [0.1, 0.15) is 0 Å². The third-order valence-corrected chi connectivity index (χ3v) is 2.98. The second-order valence-electron chi connectivity index (χ2n) is 2.19. The first-order valence-electron chi connectivity index (χ1n) is 3.61. The Morgan fingerprint density at radius 2 is 2.58 bits per heavy atom. The van der Waals surface area contributed by atoms with Crippen LogP contribution >= 0.6 is 35.3 Å². The topological polar surface area (TPSA) is 40.7 Å². The number of hydrogen-bond acceptors (Lipinski definition) is 5. The zero-order valence-corrected chi connectivity index (χ0v) is 9.24. The highest BCUT2D eigenvalue weighted by atomic mass is 32.2. The fourth-order valence-electron chi connectivity index (χ4n) is 0.717. The van der Waals surface area contributed by atoms with Crippen molar-refractivity contribution in [2.45, 2.75) is 6.42 Å². The van der Waals surface area contributed by atoms with Gasteiger partial charge in [-0.05, 0) is 30.6 Å². The first kappa shape index (κ1) is 10.0. The molecule has 0 spiro atoms. The lowest BCUT2D eigenvalue weighted by molar-refractivity contribution is 0.973. The Bertz CT molecular complexity index is 267. The van der Waals surface area contributed by atoms with Gasteiger partial charge in [-0.15, -0.1) is 5.10 Å². The van der Waals surface area contributed by atoms with Gasteiger partial charge >= 0.3 is 0 Å². The second kappa shape index (κ2) is 5.55. The van der Waals surface area contributed by atoms with Gasteiger partial charge in [-0.3, -0.25) is 5.10 Å². The molecule has 12 heavy (non-hydrogen) atoms. The molecular formula is C6H11N3S3. The average Bonchev–Trinajstić information content (AvgIpc) is 2.45. The van der Waals surface area contributed by atoms with Crippen LogP contribution in [-0.4, -0.2) is 28.8 Å². The van der Waals surface area contributed by atoms with Crippen LogP contribution in [0, 0.1) is 3.95 Å². The van der Waals surface area contributed by atoms with Crippen LogP contribution in [0.5, 0.6) is 0 Å². The molecule has 0 amide bonds. The van der Waals surface area contributed by atoms with E-state index in [1.54, 1.807) is 0 Å². The smallest absolute Gasteiger partial charge is 0.204 e. The van der Waals surface area contributed by atoms with Crippen molar-refractivity contribution in [3.05, 3.63) is 3.95 Å². The van der Waals surface area contributed by atoms with Crippen molar-refractivity contribution in [2.75, 3.05) is 23.9 Å². The first-order valence-corrected chi connectivity index (χ1v) is 6.23. The summed E-state index contributed by atoms with van der Waals surface area (Å²) < 4.78 is 0.724. The minimum Gasteiger partial charge on any atom is -0.360 e. The Kier molecular flexibility index (Phi) is 4.63. The highest BCUT2D eigenvalue weighted by Gasteiger charge is 1.94. The van der Waals surface area contributed by atoms with E-state index in [0.717, 1.165) is 22.1 Å². The van der Waals surface area contributed by atoms with Crippen molar-refractivity contribution in [1.29, 1.82) is 0 Å². The molecule has 0 fully saturated rings. The van der Waals surface area contributed by atoms with Gasteiger partial charge in [-0.1, -0.05) is 11.3 Å². The summed E-state index contributed by atoms with van der Waals surface area (Å²) in [5.41, 5.74) is 0. The van der Waals surface area contributed by atoms with Crippen LogP contribution < -0.4 is 5.32 Å². The zero-order valence-electron chi connectivity index (χ0n) is 6.79. The van der Waals surface area contributed by atoms with Crippen molar-refractivity contribution in [2.24, 2.45) is 0 Å². The third-order valence-electron chi connectivity index (χ3n) is 1.24. The summed E-state index contributed by atoms with van der Waals surface area (Å²) in [6.45, 7) is 0.969. The molecule has 6 heteroatoms. The average molecular weight is 221 g/mol. The van der Waals surface area contributed by atoms with Gasteiger partial charge in [-0.2, -0.15) is 11.8 Å². The predicted molar refractivity (Wildman–Crippen MR) is 58.8 cm³/mol. The van der Waals surface area contributed by atoms with Crippen LogP contribution in [0.1, 0.15) is 6.42 Å². The SMILES string of the molecule is CSCCCNc1n[nH]c(=S)s1. The van der Waals surface area contributed by atoms with E-state index in [-0.39, 0.29) is 0 Å². The summed E-state index contributed by atoms with van der Waals surface area (Å²) in [6.07, 6.45) is 3.27. The Morgan fingerprint density at radius 1 is 1.75 bits per heavy atom. The van der Waals surface area contributed by atoms with Gasteiger partial charge in [0, 0.05) is 6.54 Å². The minimum absolute atomic E-state index is 0.724. The van der Waals surface area contributed by atoms with E-state index in [9.17, 15) is 0 Å². The summed E-state index contributed by atoms with van der Waals surface area (Å²) in [5.74, 6) is 1.18. The molecule has 0 radical (unpaired) electrons. The monoisotopic (exact) mass is 221 g/mol. The number of H-pyrrole nitrogens is 1. The highest BCUT2D eigenvalue weighted by Crippen LogP contribution is 2.10. The molecule has 3 nitrogen and oxygen atoms in total. The van der Waals surface area contributed by atoms with Crippen LogP contribution in [0.3, 0.4) is 0 Å². The van der Waals surface area contributed by atoms with Gasteiger partial charge in [0.15, 0.2) is 3.95 Å². The number of nitrogens with one attached hydrogen (secondary N) is 2. The zero-order chi connectivity index (χ0) is 8.81. The van der Waals surface area contributed by atoms with E-state index in [0.29, 0.717) is 0 Å². The number of nitrogens with zero attached hydrogens (tertiary/aromatic N) is 1. The van der Waals surface area contributed by atoms with Crippen molar-refractivity contribution < 1.29 is 0 Å². The van der Waals surface area contributed by atoms with Gasteiger partial charge in [0.2, 0.25) is 5.13 Å². The van der Waals surface area contributed by atoms with Crippen LogP contribution in [0.4, 0.5) is 5.13 Å². The third kappa shape index (κ3) is 3.55. The molecule has 0 aliphatic carbocycles. The maximum absolute atomic E-state index is 4.89. The summed E-state index contributed by atoms with van der Waals surface area (Å²) >= 11 is 8.22. The fourth-order valence-corrected chi connectivity index (χ4v) is 1.97. The predicted octanol–water partition coefficient (Wildman–Crippen LogP) is 2.37. The van der Waals surface area contributed by atoms with Crippen LogP contribution in [-0.2, 0) is 0 Å². The van der Waals surface area contributed by atoms with E-state index in [1.807, 2.05) is 11.8 Å².